The number of hydrogen-bond donors (Lipinski definition) is 2. The number of aliphatic carboxylic acids is 1. The van der Waals surface area contributed by atoms with E-state index in [4.69, 9.17) is 25.6 Å². The van der Waals surface area contributed by atoms with Crippen LogP contribution in [0.15, 0.2) is 47.0 Å². The van der Waals surface area contributed by atoms with Crippen LogP contribution < -0.4 is 5.32 Å². The molecular formula is C28H28ClFN2O6. The molecule has 1 unspecified atom stereocenters. The first-order valence-electron chi connectivity index (χ1n) is 12.5. The third-order valence-corrected chi connectivity index (χ3v) is 8.04. The number of carbonyl (C=O) groups is 2. The second-order valence-electron chi connectivity index (χ2n) is 10.2. The van der Waals surface area contributed by atoms with Crippen LogP contribution in [0.3, 0.4) is 0 Å². The van der Waals surface area contributed by atoms with Gasteiger partial charge in [0.05, 0.1) is 24.2 Å². The summed E-state index contributed by atoms with van der Waals surface area (Å²) in [5, 5.41) is 16.4. The van der Waals surface area contributed by atoms with Gasteiger partial charge in [0.2, 0.25) is 0 Å². The van der Waals surface area contributed by atoms with Gasteiger partial charge in [0.15, 0.2) is 5.76 Å². The van der Waals surface area contributed by atoms with Crippen LogP contribution in [0.4, 0.5) is 14.9 Å². The Balaban J connectivity index is 1.32. The minimum absolute atomic E-state index is 0.0160. The van der Waals surface area contributed by atoms with E-state index in [9.17, 15) is 14.7 Å². The summed E-state index contributed by atoms with van der Waals surface area (Å²) in [5.41, 5.74) is 1.33. The molecule has 2 saturated heterocycles. The Labute approximate surface area is 224 Å². The van der Waals surface area contributed by atoms with E-state index in [0.29, 0.717) is 30.2 Å². The Morgan fingerprint density at radius 3 is 2.50 bits per heavy atom. The summed E-state index contributed by atoms with van der Waals surface area (Å²) in [6, 6.07) is 11.9. The second-order valence-corrected chi connectivity index (χ2v) is 10.6. The van der Waals surface area contributed by atoms with Crippen LogP contribution >= 0.6 is 11.6 Å². The van der Waals surface area contributed by atoms with Crippen LogP contribution in [0.1, 0.15) is 62.0 Å². The van der Waals surface area contributed by atoms with Gasteiger partial charge in [-0.1, -0.05) is 35.0 Å². The molecule has 2 aliphatic heterocycles. The fourth-order valence-corrected chi connectivity index (χ4v) is 5.59. The van der Waals surface area contributed by atoms with E-state index in [1.54, 1.807) is 44.2 Å². The molecule has 8 nitrogen and oxygen atoms in total. The van der Waals surface area contributed by atoms with Gasteiger partial charge in [-0.25, -0.2) is 9.18 Å². The van der Waals surface area contributed by atoms with Crippen LogP contribution in [0.25, 0.3) is 11.3 Å². The van der Waals surface area contributed by atoms with Gasteiger partial charge in [-0.3, -0.25) is 10.1 Å². The molecule has 1 amide bonds. The molecule has 3 aliphatic rings. The predicted molar refractivity (Wildman–Crippen MR) is 138 cm³/mol. The SMILES string of the molecule is Cc1noc(-c2ccc(C34CCC(CC(=O)O)(CC3)OC4)cc2F)c1NC(=O)OC(C)c1ccc(Cl)cc1. The quantitative estimate of drug-likeness (QED) is 0.337. The molecule has 2 bridgehead atoms. The zero-order valence-corrected chi connectivity index (χ0v) is 21.8. The van der Waals surface area contributed by atoms with Gasteiger partial charge in [0.25, 0.3) is 0 Å². The standard InChI is InChI=1S/C28H28ClFN2O6/c1-16-24(31-26(35)37-17(2)18-3-6-20(29)7-4-18)25(38-32-16)21-8-5-19(13-22(21)30)27-9-11-28(12-10-27,36-15-27)14-23(33)34/h3-8,13,17H,9-12,14-15H2,1-2H3,(H,31,35)(H,33,34). The third kappa shape index (κ3) is 5.00. The maximum atomic E-state index is 15.5. The molecule has 3 fully saturated rings. The summed E-state index contributed by atoms with van der Waals surface area (Å²) in [7, 11) is 0. The van der Waals surface area contributed by atoms with E-state index in [0.717, 1.165) is 24.0 Å². The first-order chi connectivity index (χ1) is 18.1. The Bertz CT molecular complexity index is 1350. The van der Waals surface area contributed by atoms with E-state index < -0.39 is 29.6 Å². The number of halogens is 2. The number of rotatable bonds is 7. The largest absolute Gasteiger partial charge is 0.481 e. The molecular weight excluding hydrogens is 515 g/mol. The number of carboxylic acid groups (broad SMARTS) is 1. The summed E-state index contributed by atoms with van der Waals surface area (Å²) in [6.07, 6.45) is 1.40. The lowest BCUT2D eigenvalue weighted by Crippen LogP contribution is -2.54. The van der Waals surface area contributed by atoms with Crippen LogP contribution in [0, 0.1) is 12.7 Å². The number of hydrogen-bond acceptors (Lipinski definition) is 6. The molecule has 0 spiro atoms. The fraction of sp³-hybridized carbons (Fsp3) is 0.393. The molecule has 1 aliphatic carbocycles. The Morgan fingerprint density at radius 2 is 1.89 bits per heavy atom. The van der Waals surface area contributed by atoms with Gasteiger partial charge in [0.1, 0.15) is 23.3 Å². The van der Waals surface area contributed by atoms with Crippen molar-refractivity contribution in [3.8, 4) is 11.3 Å². The monoisotopic (exact) mass is 542 g/mol. The van der Waals surface area contributed by atoms with Gasteiger partial charge >= 0.3 is 12.1 Å². The number of nitrogens with zero attached hydrogens (tertiary/aromatic N) is 1. The minimum atomic E-state index is -0.870. The number of ether oxygens (including phenoxy) is 2. The van der Waals surface area contributed by atoms with Gasteiger partial charge in [-0.15, -0.1) is 0 Å². The van der Waals surface area contributed by atoms with Crippen molar-refractivity contribution in [1.82, 2.24) is 5.16 Å². The molecule has 0 radical (unpaired) electrons. The Hall–Kier alpha value is -3.43. The molecule has 1 aromatic heterocycles. The summed E-state index contributed by atoms with van der Waals surface area (Å²) >= 11 is 5.92. The highest BCUT2D eigenvalue weighted by molar-refractivity contribution is 6.30. The highest BCUT2D eigenvalue weighted by Gasteiger charge is 2.51. The van der Waals surface area contributed by atoms with Crippen molar-refractivity contribution in [2.24, 2.45) is 0 Å². The number of fused-ring (bicyclic) bond motifs is 3. The molecule has 3 aromatic rings. The highest BCUT2D eigenvalue weighted by atomic mass is 35.5. The van der Waals surface area contributed by atoms with E-state index in [-0.39, 0.29) is 28.8 Å². The van der Waals surface area contributed by atoms with Gasteiger partial charge in [0, 0.05) is 10.4 Å². The number of nitrogens with one attached hydrogen (secondary N) is 1. The molecule has 1 saturated carbocycles. The van der Waals surface area contributed by atoms with Crippen molar-refractivity contribution in [2.75, 3.05) is 11.9 Å². The van der Waals surface area contributed by atoms with Crippen molar-refractivity contribution in [2.45, 2.75) is 63.1 Å². The highest BCUT2D eigenvalue weighted by Crippen LogP contribution is 2.52. The van der Waals surface area contributed by atoms with E-state index in [1.165, 1.54) is 6.07 Å². The van der Waals surface area contributed by atoms with Crippen molar-refractivity contribution in [3.05, 3.63) is 70.1 Å². The van der Waals surface area contributed by atoms with Gasteiger partial charge < -0.3 is 19.1 Å². The molecule has 10 heteroatoms. The topological polar surface area (TPSA) is 111 Å². The molecule has 200 valence electrons. The Morgan fingerprint density at radius 1 is 1.18 bits per heavy atom. The normalized spacial score (nSPS) is 23.2. The molecule has 38 heavy (non-hydrogen) atoms. The number of aromatic nitrogens is 1. The zero-order valence-electron chi connectivity index (χ0n) is 21.1. The summed E-state index contributed by atoms with van der Waals surface area (Å²) in [6.45, 7) is 3.72. The third-order valence-electron chi connectivity index (χ3n) is 7.79. The first kappa shape index (κ1) is 26.2. The van der Waals surface area contributed by atoms with E-state index in [1.807, 2.05) is 6.07 Å². The molecule has 3 heterocycles. The van der Waals surface area contributed by atoms with E-state index in [2.05, 4.69) is 10.5 Å². The lowest BCUT2D eigenvalue weighted by Gasteiger charge is -2.53. The number of carbonyl (C=O) groups excluding carboxylic acids is 1. The summed E-state index contributed by atoms with van der Waals surface area (Å²) < 4.78 is 32.4. The molecule has 2 N–H and O–H groups in total. The average molecular weight is 543 g/mol. The van der Waals surface area contributed by atoms with Crippen molar-refractivity contribution in [3.63, 3.8) is 0 Å². The second kappa shape index (κ2) is 10.0. The fourth-order valence-electron chi connectivity index (χ4n) is 5.46. The maximum Gasteiger partial charge on any atom is 0.412 e. The lowest BCUT2D eigenvalue weighted by molar-refractivity contribution is -0.174. The van der Waals surface area contributed by atoms with Crippen LogP contribution in [0.5, 0.6) is 0 Å². The lowest BCUT2D eigenvalue weighted by atomic mass is 9.62. The van der Waals surface area contributed by atoms with E-state index >= 15 is 4.39 Å². The van der Waals surface area contributed by atoms with Crippen molar-refractivity contribution < 1.29 is 33.1 Å². The first-order valence-corrected chi connectivity index (χ1v) is 12.8. The number of carboxylic acids is 1. The van der Waals surface area contributed by atoms with Crippen LogP contribution in [-0.4, -0.2) is 34.5 Å². The smallest absolute Gasteiger partial charge is 0.412 e. The zero-order chi connectivity index (χ0) is 27.1. The Kier molecular flexibility index (Phi) is 6.92. The summed E-state index contributed by atoms with van der Waals surface area (Å²) in [4.78, 5) is 23.9. The van der Waals surface area contributed by atoms with Crippen molar-refractivity contribution >= 4 is 29.4 Å². The van der Waals surface area contributed by atoms with Crippen LogP contribution in [-0.2, 0) is 19.7 Å². The number of amides is 1. The number of aryl methyl sites for hydroxylation is 1. The number of anilines is 1. The van der Waals surface area contributed by atoms with Gasteiger partial charge in [-0.05, 0) is 74.9 Å². The minimum Gasteiger partial charge on any atom is -0.481 e. The molecule has 6 rings (SSSR count). The predicted octanol–water partition coefficient (Wildman–Crippen LogP) is 6.81. The van der Waals surface area contributed by atoms with Crippen molar-refractivity contribution in [1.29, 1.82) is 0 Å². The average Bonchev–Trinajstić information content (AvgIpc) is 3.24. The molecule has 2 aromatic carbocycles. The van der Waals surface area contributed by atoms with Crippen LogP contribution in [0.2, 0.25) is 5.02 Å². The maximum absolute atomic E-state index is 15.5. The molecule has 1 atom stereocenters. The summed E-state index contributed by atoms with van der Waals surface area (Å²) in [5.74, 6) is -1.30. The van der Waals surface area contributed by atoms with Gasteiger partial charge in [-0.2, -0.15) is 0 Å². The number of benzene rings is 2.